The first kappa shape index (κ1) is 16.8. The molecule has 2 saturated carbocycles. The SMILES string of the molecule is CC1CCC(N(C)C(C)CC(C)(NC2CC2)C(=O)O)CC1. The number of carboxylic acids is 1. The summed E-state index contributed by atoms with van der Waals surface area (Å²) in [6.07, 6.45) is 8.02. The van der Waals surface area contributed by atoms with Crippen molar-refractivity contribution in [2.75, 3.05) is 7.05 Å². The topological polar surface area (TPSA) is 52.6 Å². The lowest BCUT2D eigenvalue weighted by molar-refractivity contribution is -0.145. The first-order valence-electron chi connectivity index (χ1n) is 8.55. The number of nitrogens with one attached hydrogen (secondary N) is 1. The van der Waals surface area contributed by atoms with Gasteiger partial charge < -0.3 is 10.0 Å². The van der Waals surface area contributed by atoms with Gasteiger partial charge in [0, 0.05) is 18.1 Å². The number of rotatable bonds is 7. The second kappa shape index (κ2) is 6.66. The van der Waals surface area contributed by atoms with Gasteiger partial charge in [-0.2, -0.15) is 0 Å². The van der Waals surface area contributed by atoms with Crippen molar-refractivity contribution in [3.8, 4) is 0 Å². The van der Waals surface area contributed by atoms with Crippen molar-refractivity contribution in [1.29, 1.82) is 0 Å². The number of aliphatic carboxylic acids is 1. The Labute approximate surface area is 129 Å². The Bertz CT molecular complexity index is 362. The van der Waals surface area contributed by atoms with E-state index in [0.717, 1.165) is 18.8 Å². The highest BCUT2D eigenvalue weighted by Gasteiger charge is 2.40. The van der Waals surface area contributed by atoms with E-state index in [4.69, 9.17) is 0 Å². The molecule has 2 fully saturated rings. The molecule has 0 aromatic carbocycles. The van der Waals surface area contributed by atoms with Crippen LogP contribution in [0.5, 0.6) is 0 Å². The summed E-state index contributed by atoms with van der Waals surface area (Å²) < 4.78 is 0. The third-order valence-corrected chi connectivity index (χ3v) is 5.53. The average molecular weight is 296 g/mol. The zero-order chi connectivity index (χ0) is 15.6. The fraction of sp³-hybridized carbons (Fsp3) is 0.941. The molecule has 122 valence electrons. The van der Waals surface area contributed by atoms with Gasteiger partial charge in [0.2, 0.25) is 0 Å². The molecular formula is C17H32N2O2. The summed E-state index contributed by atoms with van der Waals surface area (Å²) in [5.74, 6) is 0.137. The molecule has 0 aliphatic heterocycles. The van der Waals surface area contributed by atoms with Crippen molar-refractivity contribution in [2.45, 2.75) is 89.4 Å². The molecule has 0 radical (unpaired) electrons. The van der Waals surface area contributed by atoms with Crippen molar-refractivity contribution in [3.63, 3.8) is 0 Å². The van der Waals surface area contributed by atoms with Crippen LogP contribution in [0.2, 0.25) is 0 Å². The molecular weight excluding hydrogens is 264 g/mol. The maximum absolute atomic E-state index is 11.7. The summed E-state index contributed by atoms with van der Waals surface area (Å²) >= 11 is 0. The molecule has 2 N–H and O–H groups in total. The van der Waals surface area contributed by atoms with Crippen LogP contribution in [-0.4, -0.2) is 46.7 Å². The maximum Gasteiger partial charge on any atom is 0.323 e. The van der Waals surface area contributed by atoms with Crippen molar-refractivity contribution in [1.82, 2.24) is 10.2 Å². The van der Waals surface area contributed by atoms with Gasteiger partial charge in [0.05, 0.1) is 0 Å². The fourth-order valence-electron chi connectivity index (χ4n) is 3.63. The second-order valence-electron chi connectivity index (χ2n) is 7.69. The molecule has 4 nitrogen and oxygen atoms in total. The minimum absolute atomic E-state index is 0.288. The van der Waals surface area contributed by atoms with Gasteiger partial charge in [0.1, 0.15) is 5.54 Å². The Balaban J connectivity index is 1.91. The lowest BCUT2D eigenvalue weighted by Gasteiger charge is -2.40. The van der Waals surface area contributed by atoms with E-state index in [0.29, 0.717) is 18.5 Å². The molecule has 0 aromatic rings. The van der Waals surface area contributed by atoms with Crippen LogP contribution in [0, 0.1) is 5.92 Å². The van der Waals surface area contributed by atoms with Crippen LogP contribution < -0.4 is 5.32 Å². The molecule has 0 saturated heterocycles. The number of carbonyl (C=O) groups is 1. The smallest absolute Gasteiger partial charge is 0.323 e. The van der Waals surface area contributed by atoms with Crippen LogP contribution in [0.3, 0.4) is 0 Å². The third-order valence-electron chi connectivity index (χ3n) is 5.53. The van der Waals surface area contributed by atoms with Gasteiger partial charge >= 0.3 is 5.97 Å². The van der Waals surface area contributed by atoms with E-state index in [2.05, 4.69) is 31.1 Å². The van der Waals surface area contributed by atoms with E-state index < -0.39 is 11.5 Å². The van der Waals surface area contributed by atoms with Crippen LogP contribution in [0.15, 0.2) is 0 Å². The molecule has 0 aromatic heterocycles. The van der Waals surface area contributed by atoms with E-state index in [1.165, 1.54) is 25.7 Å². The number of hydrogen-bond donors (Lipinski definition) is 2. The Morgan fingerprint density at radius 2 is 1.86 bits per heavy atom. The Morgan fingerprint density at radius 1 is 1.29 bits per heavy atom. The van der Waals surface area contributed by atoms with E-state index in [9.17, 15) is 9.90 Å². The van der Waals surface area contributed by atoms with E-state index in [-0.39, 0.29) is 6.04 Å². The molecule has 4 heteroatoms. The monoisotopic (exact) mass is 296 g/mol. The maximum atomic E-state index is 11.7. The van der Waals surface area contributed by atoms with Crippen LogP contribution in [-0.2, 0) is 4.79 Å². The van der Waals surface area contributed by atoms with Crippen LogP contribution in [0.1, 0.15) is 65.7 Å². The largest absolute Gasteiger partial charge is 0.480 e. The second-order valence-corrected chi connectivity index (χ2v) is 7.69. The van der Waals surface area contributed by atoms with E-state index in [1.54, 1.807) is 0 Å². The van der Waals surface area contributed by atoms with E-state index >= 15 is 0 Å². The molecule has 2 aliphatic carbocycles. The summed E-state index contributed by atoms with van der Waals surface area (Å²) in [5.41, 5.74) is -0.795. The molecule has 0 bridgehead atoms. The average Bonchev–Trinajstić information content (AvgIpc) is 3.22. The van der Waals surface area contributed by atoms with Gasteiger partial charge in [-0.25, -0.2) is 0 Å². The first-order chi connectivity index (χ1) is 9.82. The summed E-state index contributed by atoms with van der Waals surface area (Å²) in [4.78, 5) is 14.1. The number of hydrogen-bond acceptors (Lipinski definition) is 3. The van der Waals surface area contributed by atoms with Gasteiger partial charge in [-0.1, -0.05) is 6.92 Å². The van der Waals surface area contributed by atoms with Gasteiger partial charge in [-0.05, 0) is 71.8 Å². The zero-order valence-electron chi connectivity index (χ0n) is 14.1. The zero-order valence-corrected chi connectivity index (χ0v) is 14.1. The summed E-state index contributed by atoms with van der Waals surface area (Å²) in [7, 11) is 2.17. The Hall–Kier alpha value is -0.610. The minimum atomic E-state index is -0.795. The van der Waals surface area contributed by atoms with Crippen molar-refractivity contribution in [3.05, 3.63) is 0 Å². The lowest BCUT2D eigenvalue weighted by Crippen LogP contribution is -2.55. The third kappa shape index (κ3) is 4.43. The van der Waals surface area contributed by atoms with E-state index in [1.807, 2.05) is 6.92 Å². The quantitative estimate of drug-likeness (QED) is 0.758. The van der Waals surface area contributed by atoms with Gasteiger partial charge in [0.15, 0.2) is 0 Å². The molecule has 2 unspecified atom stereocenters. The van der Waals surface area contributed by atoms with Gasteiger partial charge in [-0.15, -0.1) is 0 Å². The van der Waals surface area contributed by atoms with Crippen molar-refractivity contribution in [2.24, 2.45) is 5.92 Å². The lowest BCUT2D eigenvalue weighted by atomic mass is 9.85. The fourth-order valence-corrected chi connectivity index (χ4v) is 3.63. The highest BCUT2D eigenvalue weighted by molar-refractivity contribution is 5.78. The highest BCUT2D eigenvalue weighted by atomic mass is 16.4. The molecule has 21 heavy (non-hydrogen) atoms. The van der Waals surface area contributed by atoms with Gasteiger partial charge in [0.25, 0.3) is 0 Å². The van der Waals surface area contributed by atoms with Crippen molar-refractivity contribution < 1.29 is 9.90 Å². The van der Waals surface area contributed by atoms with Crippen LogP contribution in [0.25, 0.3) is 0 Å². The molecule has 0 spiro atoms. The highest BCUT2D eigenvalue weighted by Crippen LogP contribution is 2.30. The Morgan fingerprint density at radius 3 is 2.33 bits per heavy atom. The Kier molecular flexibility index (Phi) is 5.31. The molecule has 2 rings (SSSR count). The molecule has 2 aliphatic rings. The number of carboxylic acid groups (broad SMARTS) is 1. The predicted octanol–water partition coefficient (Wildman–Crippen LogP) is 2.87. The van der Waals surface area contributed by atoms with Gasteiger partial charge in [-0.3, -0.25) is 10.1 Å². The van der Waals surface area contributed by atoms with Crippen LogP contribution in [0.4, 0.5) is 0 Å². The predicted molar refractivity (Wildman–Crippen MR) is 85.5 cm³/mol. The van der Waals surface area contributed by atoms with Crippen LogP contribution >= 0.6 is 0 Å². The molecule has 0 amide bonds. The first-order valence-corrected chi connectivity index (χ1v) is 8.55. The summed E-state index contributed by atoms with van der Waals surface area (Å²) in [5, 5.41) is 12.9. The normalized spacial score (nSPS) is 30.9. The standard InChI is InChI=1S/C17H32N2O2/c1-12-5-9-15(10-6-12)19(4)13(2)11-17(3,16(20)21)18-14-7-8-14/h12-15,18H,5-11H2,1-4H3,(H,20,21). The minimum Gasteiger partial charge on any atom is -0.480 e. The summed E-state index contributed by atoms with van der Waals surface area (Å²) in [6.45, 7) is 6.36. The van der Waals surface area contributed by atoms with Crippen molar-refractivity contribution >= 4 is 5.97 Å². The summed E-state index contributed by atoms with van der Waals surface area (Å²) in [6, 6.07) is 1.32. The molecule has 0 heterocycles. The molecule has 2 atom stereocenters. The number of nitrogens with zero attached hydrogens (tertiary/aromatic N) is 1.